The lowest BCUT2D eigenvalue weighted by molar-refractivity contribution is -0.137. The lowest BCUT2D eigenvalue weighted by Gasteiger charge is -2.58. The molecule has 1 aromatic carbocycles. The maximum Gasteiger partial charge on any atom is 0.338 e. The molecule has 0 saturated heterocycles. The number of benzene rings is 1. The summed E-state index contributed by atoms with van der Waals surface area (Å²) in [5, 5.41) is 9.91. The van der Waals surface area contributed by atoms with Gasteiger partial charge in [0, 0.05) is 11.0 Å². The molecule has 4 unspecified atom stereocenters. The van der Waals surface area contributed by atoms with Crippen LogP contribution in [0.2, 0.25) is 0 Å². The van der Waals surface area contributed by atoms with Crippen LogP contribution in [0.3, 0.4) is 0 Å². The number of hydrogen-bond donors (Lipinski definition) is 1. The molecule has 0 bridgehead atoms. The topological polar surface area (TPSA) is 76.7 Å². The maximum atomic E-state index is 12.6. The van der Waals surface area contributed by atoms with Gasteiger partial charge < -0.3 is 14.3 Å². The highest BCUT2D eigenvalue weighted by molar-refractivity contribution is 5.89. The molecule has 2 aliphatic carbocycles. The van der Waals surface area contributed by atoms with Crippen LogP contribution in [0.15, 0.2) is 65.0 Å². The van der Waals surface area contributed by atoms with E-state index < -0.39 is 5.97 Å². The van der Waals surface area contributed by atoms with Crippen molar-refractivity contribution >= 4 is 11.9 Å². The summed E-state index contributed by atoms with van der Waals surface area (Å²) >= 11 is 0. The Hall–Kier alpha value is -2.82. The van der Waals surface area contributed by atoms with Gasteiger partial charge in [-0.05, 0) is 79.5 Å². The van der Waals surface area contributed by atoms with Crippen molar-refractivity contribution in [3.05, 3.63) is 71.7 Å². The van der Waals surface area contributed by atoms with Crippen molar-refractivity contribution in [2.24, 2.45) is 22.7 Å². The van der Waals surface area contributed by atoms with Crippen LogP contribution in [0.5, 0.6) is 0 Å². The minimum absolute atomic E-state index is 0.157. The highest BCUT2D eigenvalue weighted by Crippen LogP contribution is 2.62. The highest BCUT2D eigenvalue weighted by Gasteiger charge is 2.56. The predicted octanol–water partition coefficient (Wildman–Crippen LogP) is 5.91. The van der Waals surface area contributed by atoms with Crippen LogP contribution in [0.1, 0.15) is 61.9 Å². The normalized spacial score (nSPS) is 29.6. The Balaban J connectivity index is 1.58. The van der Waals surface area contributed by atoms with Gasteiger partial charge in [-0.2, -0.15) is 0 Å². The fraction of sp³-hybridized carbons (Fsp3) is 0.481. The van der Waals surface area contributed by atoms with E-state index in [1.165, 1.54) is 0 Å². The number of aryl methyl sites for hydroxylation is 1. The molecule has 5 heteroatoms. The molecule has 1 fully saturated rings. The molecular weight excluding hydrogens is 404 g/mol. The summed E-state index contributed by atoms with van der Waals surface area (Å²) in [5.41, 5.74) is 1.74. The summed E-state index contributed by atoms with van der Waals surface area (Å²) < 4.78 is 11.1. The van der Waals surface area contributed by atoms with Gasteiger partial charge in [-0.1, -0.05) is 38.1 Å². The number of carbonyl (C=O) groups is 2. The number of allylic oxidation sites excluding steroid dienone is 1. The third kappa shape index (κ3) is 4.13. The Morgan fingerprint density at radius 2 is 1.94 bits per heavy atom. The molecule has 2 aliphatic rings. The standard InChI is InChI=1S/C27H32O5/c1-26(14-11-19-13-16-31-17-19)21(18-32-25(30)20-7-4-3-5-8-20)12-15-27(2)22(24(28)29)9-6-10-23(26)27/h3-5,7-9,13,16-17,21,23H,6,10-12,14-15,18H2,1-2H3,(H,28,29). The highest BCUT2D eigenvalue weighted by atomic mass is 16.5. The molecule has 0 radical (unpaired) electrons. The monoisotopic (exact) mass is 436 g/mol. The minimum atomic E-state index is -0.802. The van der Waals surface area contributed by atoms with Gasteiger partial charge >= 0.3 is 11.9 Å². The molecule has 1 saturated carbocycles. The van der Waals surface area contributed by atoms with E-state index in [4.69, 9.17) is 9.15 Å². The molecule has 5 nitrogen and oxygen atoms in total. The van der Waals surface area contributed by atoms with E-state index in [0.29, 0.717) is 17.7 Å². The summed E-state index contributed by atoms with van der Waals surface area (Å²) in [7, 11) is 0. The van der Waals surface area contributed by atoms with Gasteiger partial charge in [-0.25, -0.2) is 9.59 Å². The smallest absolute Gasteiger partial charge is 0.338 e. The van der Waals surface area contributed by atoms with Crippen molar-refractivity contribution in [3.8, 4) is 0 Å². The molecule has 0 spiro atoms. The second-order valence-corrected chi connectivity index (χ2v) is 9.81. The van der Waals surface area contributed by atoms with Crippen molar-refractivity contribution in [1.29, 1.82) is 0 Å². The molecule has 4 rings (SSSR count). The number of carboxylic acids is 1. The fourth-order valence-electron chi connectivity index (χ4n) is 6.25. The molecule has 170 valence electrons. The predicted molar refractivity (Wildman–Crippen MR) is 121 cm³/mol. The van der Waals surface area contributed by atoms with Gasteiger partial charge in [0.1, 0.15) is 0 Å². The van der Waals surface area contributed by atoms with Crippen molar-refractivity contribution in [2.75, 3.05) is 6.61 Å². The Morgan fingerprint density at radius 3 is 2.62 bits per heavy atom. The Morgan fingerprint density at radius 1 is 1.16 bits per heavy atom. The van der Waals surface area contributed by atoms with E-state index in [-0.39, 0.29) is 28.6 Å². The second kappa shape index (κ2) is 8.97. The molecule has 2 aromatic rings. The zero-order valence-corrected chi connectivity index (χ0v) is 18.9. The van der Waals surface area contributed by atoms with Crippen LogP contribution in [-0.2, 0) is 16.0 Å². The number of carbonyl (C=O) groups excluding carboxylic acids is 1. The lowest BCUT2D eigenvalue weighted by Crippen LogP contribution is -2.53. The zero-order valence-electron chi connectivity index (χ0n) is 18.9. The summed E-state index contributed by atoms with van der Waals surface area (Å²) in [6.45, 7) is 4.76. The van der Waals surface area contributed by atoms with Crippen molar-refractivity contribution in [3.63, 3.8) is 0 Å². The third-order valence-corrected chi connectivity index (χ3v) is 8.12. The van der Waals surface area contributed by atoms with E-state index in [0.717, 1.165) is 44.1 Å². The van der Waals surface area contributed by atoms with Gasteiger partial charge in [0.05, 0.1) is 24.7 Å². The van der Waals surface area contributed by atoms with Crippen molar-refractivity contribution < 1.29 is 23.8 Å². The van der Waals surface area contributed by atoms with Gasteiger partial charge in [0.25, 0.3) is 0 Å². The van der Waals surface area contributed by atoms with Gasteiger partial charge in [0.15, 0.2) is 0 Å². The largest absolute Gasteiger partial charge is 0.478 e. The average Bonchev–Trinajstić information content (AvgIpc) is 3.31. The average molecular weight is 437 g/mol. The molecule has 1 aromatic heterocycles. The van der Waals surface area contributed by atoms with Crippen LogP contribution in [0.4, 0.5) is 0 Å². The van der Waals surface area contributed by atoms with E-state index in [1.807, 2.05) is 30.3 Å². The number of aliphatic carboxylic acids is 1. The summed E-state index contributed by atoms with van der Waals surface area (Å²) in [4.78, 5) is 24.7. The second-order valence-electron chi connectivity index (χ2n) is 9.81. The molecule has 4 atom stereocenters. The van der Waals surface area contributed by atoms with E-state index >= 15 is 0 Å². The molecule has 0 aliphatic heterocycles. The first-order valence-corrected chi connectivity index (χ1v) is 11.5. The van der Waals surface area contributed by atoms with Gasteiger partial charge in [-0.15, -0.1) is 0 Å². The molecule has 32 heavy (non-hydrogen) atoms. The molecule has 1 N–H and O–H groups in total. The minimum Gasteiger partial charge on any atom is -0.478 e. The number of ether oxygens (including phenoxy) is 1. The van der Waals surface area contributed by atoms with Crippen LogP contribution in [0.25, 0.3) is 0 Å². The first kappa shape index (κ1) is 22.4. The van der Waals surface area contributed by atoms with Crippen LogP contribution in [0, 0.1) is 22.7 Å². The number of hydrogen-bond acceptors (Lipinski definition) is 4. The van der Waals surface area contributed by atoms with Crippen molar-refractivity contribution in [1.82, 2.24) is 0 Å². The van der Waals surface area contributed by atoms with E-state index in [9.17, 15) is 14.7 Å². The number of rotatable bonds is 7. The van der Waals surface area contributed by atoms with Crippen LogP contribution in [-0.4, -0.2) is 23.7 Å². The SMILES string of the molecule is CC12CCC(COC(=O)c3ccccc3)C(C)(CCc3ccoc3)C1CCC=C2C(=O)O. The van der Waals surface area contributed by atoms with E-state index in [2.05, 4.69) is 13.8 Å². The van der Waals surface area contributed by atoms with Crippen LogP contribution >= 0.6 is 0 Å². The quantitative estimate of drug-likeness (QED) is 0.546. The molecular formula is C27H32O5. The maximum absolute atomic E-state index is 12.6. The third-order valence-electron chi connectivity index (χ3n) is 8.12. The first-order chi connectivity index (χ1) is 15.3. The van der Waals surface area contributed by atoms with Gasteiger partial charge in [-0.3, -0.25) is 0 Å². The van der Waals surface area contributed by atoms with E-state index in [1.54, 1.807) is 24.7 Å². The lowest BCUT2D eigenvalue weighted by atomic mass is 9.46. The number of fused-ring (bicyclic) bond motifs is 1. The number of esters is 1. The fourth-order valence-corrected chi connectivity index (χ4v) is 6.25. The van der Waals surface area contributed by atoms with Gasteiger partial charge in [0.2, 0.25) is 0 Å². The first-order valence-electron chi connectivity index (χ1n) is 11.5. The number of carboxylic acid groups (broad SMARTS) is 1. The molecule has 1 heterocycles. The Bertz CT molecular complexity index is 977. The zero-order chi connectivity index (χ0) is 22.8. The number of furan rings is 1. The Labute approximate surface area is 189 Å². The molecule has 0 amide bonds. The van der Waals surface area contributed by atoms with Crippen LogP contribution < -0.4 is 0 Å². The Kier molecular flexibility index (Phi) is 6.27. The summed E-state index contributed by atoms with van der Waals surface area (Å²) in [5.74, 6) is -0.713. The summed E-state index contributed by atoms with van der Waals surface area (Å²) in [6, 6.07) is 11.1. The summed E-state index contributed by atoms with van der Waals surface area (Å²) in [6.07, 6.45) is 10.5. The van der Waals surface area contributed by atoms with Crippen molar-refractivity contribution in [2.45, 2.75) is 52.4 Å².